The normalized spacial score (nSPS) is 18.2. The van der Waals surface area contributed by atoms with Crippen LogP contribution in [0.25, 0.3) is 11.1 Å². The average Bonchev–Trinajstić information content (AvgIpc) is 3.04. The minimum atomic E-state index is -3.10. The lowest BCUT2D eigenvalue weighted by molar-refractivity contribution is -0.125. The molecule has 2 heterocycles. The van der Waals surface area contributed by atoms with Crippen LogP contribution in [0.5, 0.6) is 5.75 Å². The highest BCUT2D eigenvalue weighted by molar-refractivity contribution is 7.21. The van der Waals surface area contributed by atoms with Crippen molar-refractivity contribution in [2.75, 3.05) is 12.4 Å². The van der Waals surface area contributed by atoms with Gasteiger partial charge in [-0.2, -0.15) is 0 Å². The minimum absolute atomic E-state index is 0.0448. The van der Waals surface area contributed by atoms with Crippen molar-refractivity contribution >= 4 is 39.6 Å². The van der Waals surface area contributed by atoms with E-state index in [0.29, 0.717) is 5.56 Å². The Morgan fingerprint density at radius 1 is 1.07 bits per heavy atom. The molecule has 1 aliphatic rings. The number of Topliss-reactive ketones (excluding diaryl/α,β-unsaturated/α-hetero) is 1. The number of ketones is 1. The number of rotatable bonds is 3. The summed E-state index contributed by atoms with van der Waals surface area (Å²) in [5, 5.41) is 2.40. The number of methoxy groups -OCH3 is 1. The molecule has 0 saturated heterocycles. The van der Waals surface area contributed by atoms with Crippen molar-refractivity contribution in [1.29, 1.82) is 0 Å². The molecule has 1 aromatic heterocycles. The second-order valence-corrected chi connectivity index (χ2v) is 8.30. The number of ether oxygens (including phenoxy) is 1. The fraction of sp³-hybridized carbons (Fsp3) is 0.143. The topological polar surface area (TPSA) is 55.4 Å². The van der Waals surface area contributed by atoms with E-state index in [1.165, 1.54) is 19.2 Å². The molecule has 0 aliphatic carbocycles. The monoisotopic (exact) mass is 451 g/mol. The van der Waals surface area contributed by atoms with Gasteiger partial charge in [-0.05, 0) is 24.6 Å². The number of aryl methyl sites for hydroxylation is 1. The Balaban J connectivity index is 1.96. The van der Waals surface area contributed by atoms with Gasteiger partial charge in [0.1, 0.15) is 15.2 Å². The Labute approximate surface area is 178 Å². The zero-order valence-electron chi connectivity index (χ0n) is 15.6. The third-order valence-electron chi connectivity index (χ3n) is 4.95. The molecule has 9 heteroatoms. The third kappa shape index (κ3) is 2.82. The molecule has 0 saturated carbocycles. The maximum atomic E-state index is 15.9. The Morgan fingerprint density at radius 3 is 2.37 bits per heavy atom. The summed E-state index contributed by atoms with van der Waals surface area (Å²) in [6.07, 6.45) is 0. The molecule has 1 atom stereocenters. The molecule has 3 aromatic rings. The zero-order valence-corrected chi connectivity index (χ0v) is 17.2. The van der Waals surface area contributed by atoms with E-state index in [9.17, 15) is 18.4 Å². The fourth-order valence-electron chi connectivity index (χ4n) is 3.41. The van der Waals surface area contributed by atoms with Crippen LogP contribution in [0.2, 0.25) is 4.34 Å². The lowest BCUT2D eigenvalue weighted by Gasteiger charge is -2.28. The Bertz CT molecular complexity index is 1210. The molecular weight excluding hydrogens is 439 g/mol. The van der Waals surface area contributed by atoms with Gasteiger partial charge in [-0.25, -0.2) is 13.2 Å². The summed E-state index contributed by atoms with van der Waals surface area (Å²) in [4.78, 5) is 25.8. The number of hydrogen-bond donors (Lipinski definition) is 1. The molecule has 1 aliphatic heterocycles. The van der Waals surface area contributed by atoms with E-state index in [0.717, 1.165) is 35.6 Å². The molecule has 0 bridgehead atoms. The van der Waals surface area contributed by atoms with E-state index in [-0.39, 0.29) is 37.3 Å². The van der Waals surface area contributed by atoms with Gasteiger partial charge in [0.15, 0.2) is 11.6 Å². The van der Waals surface area contributed by atoms with Crippen LogP contribution < -0.4 is 10.1 Å². The fourth-order valence-corrected chi connectivity index (χ4v) is 4.77. The first-order valence-corrected chi connectivity index (χ1v) is 9.86. The van der Waals surface area contributed by atoms with Gasteiger partial charge in [0, 0.05) is 16.7 Å². The van der Waals surface area contributed by atoms with Crippen molar-refractivity contribution < 1.29 is 27.5 Å². The molecule has 1 unspecified atom stereocenters. The highest BCUT2D eigenvalue weighted by atomic mass is 35.5. The molecule has 4 rings (SSSR count). The lowest BCUT2D eigenvalue weighted by atomic mass is 9.82. The number of anilines is 1. The first-order valence-electron chi connectivity index (χ1n) is 8.67. The standard InChI is InChI=1S/C21H13ClF3NO3S/c1-9-3-8-12(16(29-2)15(9)24)13-14-17(27)21(25,10-4-6-11(23)7-5-10)20(28)26-19(14)30-18(13)22/h3-8H,1-2H3,(H,26,28). The maximum absolute atomic E-state index is 15.9. The van der Waals surface area contributed by atoms with Crippen molar-refractivity contribution in [1.82, 2.24) is 0 Å². The minimum Gasteiger partial charge on any atom is -0.493 e. The first-order chi connectivity index (χ1) is 14.2. The number of carbonyl (C=O) groups excluding carboxylic acids is 2. The van der Waals surface area contributed by atoms with E-state index in [1.807, 2.05) is 0 Å². The Hall–Kier alpha value is -2.84. The van der Waals surface area contributed by atoms with Crippen LogP contribution in [-0.2, 0) is 10.5 Å². The average molecular weight is 452 g/mol. The molecule has 2 aromatic carbocycles. The van der Waals surface area contributed by atoms with E-state index in [2.05, 4.69) is 5.32 Å². The van der Waals surface area contributed by atoms with E-state index in [4.69, 9.17) is 16.3 Å². The molecule has 0 spiro atoms. The largest absolute Gasteiger partial charge is 0.493 e. The molecule has 1 N–H and O–H groups in total. The van der Waals surface area contributed by atoms with Gasteiger partial charge < -0.3 is 10.1 Å². The summed E-state index contributed by atoms with van der Waals surface area (Å²) in [6, 6.07) is 6.93. The Kier molecular flexibility index (Phi) is 4.86. The van der Waals surface area contributed by atoms with Gasteiger partial charge in [-0.1, -0.05) is 35.9 Å². The van der Waals surface area contributed by atoms with E-state index >= 15 is 4.39 Å². The van der Waals surface area contributed by atoms with Crippen molar-refractivity contribution in [2.24, 2.45) is 0 Å². The predicted octanol–water partition coefficient (Wildman–Crippen LogP) is 5.66. The van der Waals surface area contributed by atoms with Crippen LogP contribution in [-0.4, -0.2) is 18.8 Å². The highest BCUT2D eigenvalue weighted by Gasteiger charge is 2.54. The van der Waals surface area contributed by atoms with E-state index in [1.54, 1.807) is 6.92 Å². The van der Waals surface area contributed by atoms with Gasteiger partial charge in [0.2, 0.25) is 5.78 Å². The van der Waals surface area contributed by atoms with E-state index < -0.39 is 29.0 Å². The highest BCUT2D eigenvalue weighted by Crippen LogP contribution is 2.51. The molecular formula is C21H13ClF3NO3S. The number of halogens is 4. The van der Waals surface area contributed by atoms with Crippen LogP contribution in [0, 0.1) is 18.6 Å². The summed E-state index contributed by atoms with van der Waals surface area (Å²) in [5.74, 6) is -3.84. The third-order valence-corrected chi connectivity index (χ3v) is 6.26. The quantitative estimate of drug-likeness (QED) is 0.522. The van der Waals surface area contributed by atoms with Crippen LogP contribution in [0.4, 0.5) is 18.2 Å². The van der Waals surface area contributed by atoms with Crippen molar-refractivity contribution in [2.45, 2.75) is 12.6 Å². The SMILES string of the molecule is COc1c(-c2c(Cl)sc3c2C(=O)C(F)(c2ccc(F)cc2)C(=O)N3)ccc(C)c1F. The second kappa shape index (κ2) is 7.14. The van der Waals surface area contributed by atoms with Gasteiger partial charge in [0.25, 0.3) is 11.6 Å². The molecule has 4 nitrogen and oxygen atoms in total. The molecule has 30 heavy (non-hydrogen) atoms. The van der Waals surface area contributed by atoms with Crippen LogP contribution in [0.1, 0.15) is 21.5 Å². The number of thiophene rings is 1. The molecule has 0 radical (unpaired) electrons. The van der Waals surface area contributed by atoms with Crippen molar-refractivity contribution in [3.05, 3.63) is 69.1 Å². The molecule has 154 valence electrons. The Morgan fingerprint density at radius 2 is 1.73 bits per heavy atom. The second-order valence-electron chi connectivity index (χ2n) is 6.68. The van der Waals surface area contributed by atoms with Crippen LogP contribution in [0.3, 0.4) is 0 Å². The lowest BCUT2D eigenvalue weighted by Crippen LogP contribution is -2.47. The predicted molar refractivity (Wildman–Crippen MR) is 108 cm³/mol. The number of alkyl halides is 1. The number of fused-ring (bicyclic) bond motifs is 1. The van der Waals surface area contributed by atoms with Crippen molar-refractivity contribution in [3.8, 4) is 16.9 Å². The van der Waals surface area contributed by atoms with Gasteiger partial charge in [-0.15, -0.1) is 11.3 Å². The summed E-state index contributed by atoms with van der Waals surface area (Å²) in [6.45, 7) is 1.54. The van der Waals surface area contributed by atoms with Gasteiger partial charge in [-0.3, -0.25) is 9.59 Å². The summed E-state index contributed by atoms with van der Waals surface area (Å²) in [7, 11) is 1.26. The maximum Gasteiger partial charge on any atom is 0.275 e. The summed E-state index contributed by atoms with van der Waals surface area (Å²) in [5.41, 5.74) is -3.11. The van der Waals surface area contributed by atoms with Crippen LogP contribution >= 0.6 is 22.9 Å². The zero-order chi connectivity index (χ0) is 21.8. The first kappa shape index (κ1) is 20.4. The number of amides is 1. The van der Waals surface area contributed by atoms with Gasteiger partial charge in [0.05, 0.1) is 12.7 Å². The summed E-state index contributed by atoms with van der Waals surface area (Å²) < 4.78 is 49.0. The molecule has 1 amide bonds. The number of nitrogens with one attached hydrogen (secondary N) is 1. The number of hydrogen-bond acceptors (Lipinski definition) is 4. The summed E-state index contributed by atoms with van der Waals surface area (Å²) >= 11 is 7.18. The van der Waals surface area contributed by atoms with Crippen LogP contribution in [0.15, 0.2) is 36.4 Å². The smallest absolute Gasteiger partial charge is 0.275 e. The number of carbonyl (C=O) groups is 2. The van der Waals surface area contributed by atoms with Crippen molar-refractivity contribution in [3.63, 3.8) is 0 Å². The number of benzene rings is 2. The molecule has 0 fully saturated rings. The van der Waals surface area contributed by atoms with Gasteiger partial charge >= 0.3 is 0 Å².